The Morgan fingerprint density at radius 1 is 1.41 bits per heavy atom. The summed E-state index contributed by atoms with van der Waals surface area (Å²) >= 11 is 11.9. The summed E-state index contributed by atoms with van der Waals surface area (Å²) in [7, 11) is 0. The highest BCUT2D eigenvalue weighted by molar-refractivity contribution is 6.36. The van der Waals surface area contributed by atoms with Crippen molar-refractivity contribution in [1.82, 2.24) is 0 Å². The van der Waals surface area contributed by atoms with Gasteiger partial charge in [-0.25, -0.2) is 0 Å². The van der Waals surface area contributed by atoms with Crippen molar-refractivity contribution in [2.24, 2.45) is 5.10 Å². The van der Waals surface area contributed by atoms with E-state index in [0.717, 1.165) is 5.56 Å². The van der Waals surface area contributed by atoms with Crippen molar-refractivity contribution in [2.75, 3.05) is 0 Å². The molecular formula is C12H12Cl2N2O. The molecule has 1 aromatic carbocycles. The second-order valence-electron chi connectivity index (χ2n) is 4.62. The summed E-state index contributed by atoms with van der Waals surface area (Å²) in [5.74, 6) is -0.115. The fourth-order valence-electron chi connectivity index (χ4n) is 1.68. The summed E-state index contributed by atoms with van der Waals surface area (Å²) < 4.78 is 1.66. The van der Waals surface area contributed by atoms with Gasteiger partial charge in [0.1, 0.15) is 0 Å². The lowest BCUT2D eigenvalue weighted by Gasteiger charge is -2.11. The first-order valence-electron chi connectivity index (χ1n) is 5.22. The molecule has 90 valence electrons. The molecule has 0 bridgehead atoms. The minimum absolute atomic E-state index is 0.115. The molecule has 0 spiro atoms. The van der Waals surface area contributed by atoms with Crippen LogP contribution in [0.15, 0.2) is 23.3 Å². The molecule has 0 saturated carbocycles. The van der Waals surface area contributed by atoms with E-state index in [0.29, 0.717) is 16.5 Å². The third kappa shape index (κ3) is 2.61. The highest BCUT2D eigenvalue weighted by atomic mass is 35.5. The summed E-state index contributed by atoms with van der Waals surface area (Å²) in [6, 6.07) is 5.23. The standard InChI is InChI=1S/C12H12Cl2N2O/c1-12(2)6-11(17)15-16(12)7-8-3-4-9(13)5-10(8)14/h3-5,7H,6H2,1-2H3/b16-7+. The van der Waals surface area contributed by atoms with Crippen LogP contribution < -0.4 is 5.11 Å². The van der Waals surface area contributed by atoms with Crippen molar-refractivity contribution in [2.45, 2.75) is 25.8 Å². The molecule has 0 radical (unpaired) electrons. The Bertz CT molecular complexity index is 521. The van der Waals surface area contributed by atoms with E-state index in [1.807, 2.05) is 13.8 Å². The fraction of sp³-hybridized carbons (Fsp3) is 0.333. The van der Waals surface area contributed by atoms with Crippen molar-refractivity contribution < 1.29 is 9.79 Å². The Hall–Kier alpha value is -1.06. The zero-order valence-corrected chi connectivity index (χ0v) is 11.1. The molecule has 2 rings (SSSR count). The van der Waals surface area contributed by atoms with Crippen LogP contribution in [0.3, 0.4) is 0 Å². The van der Waals surface area contributed by atoms with Gasteiger partial charge in [-0.3, -0.25) is 0 Å². The third-order valence-corrected chi connectivity index (χ3v) is 3.21. The SMILES string of the molecule is CC1(C)CC([O-])=N/[N+]1=C/c1ccc(Cl)cc1Cl. The number of hydrazone groups is 1. The van der Waals surface area contributed by atoms with Crippen molar-refractivity contribution in [1.29, 1.82) is 0 Å². The van der Waals surface area contributed by atoms with Crippen molar-refractivity contribution in [3.63, 3.8) is 0 Å². The lowest BCUT2D eigenvalue weighted by Crippen LogP contribution is -2.31. The van der Waals surface area contributed by atoms with Gasteiger partial charge in [-0.2, -0.15) is 0 Å². The van der Waals surface area contributed by atoms with Gasteiger partial charge in [-0.15, -0.1) is 0 Å². The van der Waals surface area contributed by atoms with Gasteiger partial charge in [-0.05, 0) is 23.3 Å². The van der Waals surface area contributed by atoms with Gasteiger partial charge in [0.15, 0.2) is 5.54 Å². The van der Waals surface area contributed by atoms with E-state index in [1.165, 1.54) is 0 Å². The molecule has 3 nitrogen and oxygen atoms in total. The number of halogens is 2. The molecule has 0 unspecified atom stereocenters. The van der Waals surface area contributed by atoms with Crippen molar-refractivity contribution in [3.8, 4) is 0 Å². The predicted octanol–water partition coefficient (Wildman–Crippen LogP) is 2.28. The van der Waals surface area contributed by atoms with Crippen LogP contribution in [0.5, 0.6) is 0 Å². The van der Waals surface area contributed by atoms with E-state index in [4.69, 9.17) is 23.2 Å². The molecule has 0 N–H and O–H groups in total. The summed E-state index contributed by atoms with van der Waals surface area (Å²) in [5, 5.41) is 16.4. The van der Waals surface area contributed by atoms with Crippen LogP contribution in [0.2, 0.25) is 10.0 Å². The van der Waals surface area contributed by atoms with Crippen LogP contribution in [0, 0.1) is 0 Å². The molecule has 1 aromatic rings. The first-order chi connectivity index (χ1) is 7.88. The Kier molecular flexibility index (Phi) is 3.15. The summed E-state index contributed by atoms with van der Waals surface area (Å²) in [6.45, 7) is 3.92. The molecule has 0 amide bonds. The lowest BCUT2D eigenvalue weighted by atomic mass is 10.0. The summed E-state index contributed by atoms with van der Waals surface area (Å²) in [6.07, 6.45) is 2.18. The van der Waals surface area contributed by atoms with E-state index in [-0.39, 0.29) is 11.4 Å². The average molecular weight is 271 g/mol. The number of hydrogen-bond donors (Lipinski definition) is 0. The quantitative estimate of drug-likeness (QED) is 0.722. The zero-order chi connectivity index (χ0) is 12.6. The highest BCUT2D eigenvalue weighted by Gasteiger charge is 2.36. The predicted molar refractivity (Wildman–Crippen MR) is 68.0 cm³/mol. The van der Waals surface area contributed by atoms with Crippen LogP contribution in [0.4, 0.5) is 0 Å². The molecule has 5 heteroatoms. The second kappa shape index (κ2) is 4.31. The Morgan fingerprint density at radius 2 is 2.12 bits per heavy atom. The number of benzene rings is 1. The summed E-state index contributed by atoms with van der Waals surface area (Å²) in [4.78, 5) is 0. The van der Waals surface area contributed by atoms with Gasteiger partial charge in [0.25, 0.3) is 0 Å². The molecular weight excluding hydrogens is 259 g/mol. The normalized spacial score (nSPS) is 20.7. The van der Waals surface area contributed by atoms with Gasteiger partial charge >= 0.3 is 0 Å². The van der Waals surface area contributed by atoms with E-state index >= 15 is 0 Å². The van der Waals surface area contributed by atoms with E-state index in [9.17, 15) is 5.11 Å². The maximum atomic E-state index is 11.3. The molecule has 0 aromatic heterocycles. The van der Waals surface area contributed by atoms with Gasteiger partial charge < -0.3 is 5.11 Å². The van der Waals surface area contributed by atoms with Gasteiger partial charge in [-0.1, -0.05) is 27.9 Å². The number of hydrogen-bond acceptors (Lipinski definition) is 2. The molecule has 0 aliphatic carbocycles. The minimum atomic E-state index is -0.306. The van der Waals surface area contributed by atoms with Crippen LogP contribution >= 0.6 is 23.2 Å². The lowest BCUT2D eigenvalue weighted by molar-refractivity contribution is -0.591. The second-order valence-corrected chi connectivity index (χ2v) is 5.47. The van der Waals surface area contributed by atoms with E-state index < -0.39 is 0 Å². The van der Waals surface area contributed by atoms with Gasteiger partial charge in [0.2, 0.25) is 6.21 Å². The Labute approximate surface area is 110 Å². The van der Waals surface area contributed by atoms with Gasteiger partial charge in [0, 0.05) is 31.2 Å². The monoisotopic (exact) mass is 270 g/mol. The molecule has 1 aliphatic rings. The van der Waals surface area contributed by atoms with E-state index in [2.05, 4.69) is 5.10 Å². The maximum Gasteiger partial charge on any atom is 0.205 e. The van der Waals surface area contributed by atoms with Crippen molar-refractivity contribution in [3.05, 3.63) is 33.8 Å². The molecule has 0 fully saturated rings. The minimum Gasteiger partial charge on any atom is -0.857 e. The largest absolute Gasteiger partial charge is 0.857 e. The Balaban J connectivity index is 2.43. The van der Waals surface area contributed by atoms with Crippen LogP contribution in [0.25, 0.3) is 0 Å². The van der Waals surface area contributed by atoms with Crippen LogP contribution in [-0.2, 0) is 0 Å². The Morgan fingerprint density at radius 3 is 2.65 bits per heavy atom. The molecule has 1 heterocycles. The first kappa shape index (κ1) is 12.4. The highest BCUT2D eigenvalue weighted by Crippen LogP contribution is 2.23. The molecule has 0 atom stereocenters. The van der Waals surface area contributed by atoms with E-state index in [1.54, 1.807) is 29.1 Å². The molecule has 0 saturated heterocycles. The molecule has 1 aliphatic heterocycles. The maximum absolute atomic E-state index is 11.3. The smallest absolute Gasteiger partial charge is 0.205 e. The first-order valence-corrected chi connectivity index (χ1v) is 5.98. The van der Waals surface area contributed by atoms with Gasteiger partial charge in [0.05, 0.1) is 10.6 Å². The van der Waals surface area contributed by atoms with Crippen LogP contribution in [-0.4, -0.2) is 22.3 Å². The number of nitrogens with zero attached hydrogens (tertiary/aromatic N) is 2. The fourth-order valence-corrected chi connectivity index (χ4v) is 2.14. The number of rotatable bonds is 1. The third-order valence-electron chi connectivity index (χ3n) is 2.65. The summed E-state index contributed by atoms with van der Waals surface area (Å²) in [5.41, 5.74) is 0.489. The van der Waals surface area contributed by atoms with Crippen LogP contribution in [0.1, 0.15) is 25.8 Å². The average Bonchev–Trinajstić information content (AvgIpc) is 2.44. The van der Waals surface area contributed by atoms with Crippen molar-refractivity contribution >= 4 is 35.3 Å². The molecule has 17 heavy (non-hydrogen) atoms. The topological polar surface area (TPSA) is 38.4 Å². The zero-order valence-electron chi connectivity index (χ0n) is 9.58.